The first kappa shape index (κ1) is 9.65. The van der Waals surface area contributed by atoms with Gasteiger partial charge >= 0.3 is 0 Å². The van der Waals surface area contributed by atoms with Crippen molar-refractivity contribution in [2.45, 2.75) is 51.0 Å². The quantitative estimate of drug-likeness (QED) is 0.741. The van der Waals surface area contributed by atoms with Gasteiger partial charge in [-0.2, -0.15) is 4.98 Å². The second kappa shape index (κ2) is 3.35. The van der Waals surface area contributed by atoms with E-state index in [2.05, 4.69) is 17.1 Å². The lowest BCUT2D eigenvalue weighted by Gasteiger charge is -2.35. The molecule has 0 radical (unpaired) electrons. The summed E-state index contributed by atoms with van der Waals surface area (Å²) >= 11 is 0. The summed E-state index contributed by atoms with van der Waals surface area (Å²) in [5.74, 6) is 1.64. The molecule has 2 N–H and O–H groups in total. The second-order valence-electron chi connectivity index (χ2n) is 4.48. The number of hydrogen-bond acceptors (Lipinski definition) is 4. The van der Waals surface area contributed by atoms with Gasteiger partial charge in [-0.3, -0.25) is 0 Å². The van der Waals surface area contributed by atoms with Gasteiger partial charge in [-0.1, -0.05) is 18.0 Å². The standard InChI is InChI=1S/C10H17N3O/c1-7-12-9(14-13-7)8-5-3-4-6-10(8,2)11/h8H,3-6,11H2,1-2H3. The average Bonchev–Trinajstić information content (AvgIpc) is 2.51. The Morgan fingerprint density at radius 1 is 1.50 bits per heavy atom. The molecular weight excluding hydrogens is 178 g/mol. The molecule has 1 heterocycles. The fraction of sp³-hybridized carbons (Fsp3) is 0.800. The molecule has 2 rings (SSSR count). The molecule has 1 aliphatic carbocycles. The fourth-order valence-electron chi connectivity index (χ4n) is 2.22. The minimum Gasteiger partial charge on any atom is -0.339 e. The highest BCUT2D eigenvalue weighted by Crippen LogP contribution is 2.38. The predicted molar refractivity (Wildman–Crippen MR) is 52.8 cm³/mol. The van der Waals surface area contributed by atoms with Crippen LogP contribution in [-0.2, 0) is 0 Å². The van der Waals surface area contributed by atoms with Gasteiger partial charge in [-0.25, -0.2) is 0 Å². The molecule has 78 valence electrons. The van der Waals surface area contributed by atoms with E-state index < -0.39 is 0 Å². The van der Waals surface area contributed by atoms with Crippen molar-refractivity contribution in [3.05, 3.63) is 11.7 Å². The van der Waals surface area contributed by atoms with E-state index in [0.717, 1.165) is 12.8 Å². The van der Waals surface area contributed by atoms with Crippen molar-refractivity contribution >= 4 is 0 Å². The lowest BCUT2D eigenvalue weighted by atomic mass is 9.74. The first-order valence-electron chi connectivity index (χ1n) is 5.19. The van der Waals surface area contributed by atoms with Gasteiger partial charge in [0.1, 0.15) is 0 Å². The van der Waals surface area contributed by atoms with Crippen molar-refractivity contribution in [3.8, 4) is 0 Å². The summed E-state index contributed by atoms with van der Waals surface area (Å²) in [5.41, 5.74) is 6.05. The third kappa shape index (κ3) is 1.66. The maximum atomic E-state index is 6.24. The number of nitrogens with zero attached hydrogens (tertiary/aromatic N) is 2. The van der Waals surface area contributed by atoms with Gasteiger partial charge < -0.3 is 10.3 Å². The molecule has 4 heteroatoms. The molecule has 0 spiro atoms. The molecule has 1 saturated carbocycles. The van der Waals surface area contributed by atoms with Crippen molar-refractivity contribution < 1.29 is 4.52 Å². The third-order valence-electron chi connectivity index (χ3n) is 3.10. The van der Waals surface area contributed by atoms with Crippen LogP contribution in [0.2, 0.25) is 0 Å². The summed E-state index contributed by atoms with van der Waals surface area (Å²) in [4.78, 5) is 4.27. The Kier molecular flexibility index (Phi) is 2.31. The van der Waals surface area contributed by atoms with Crippen LogP contribution in [0.3, 0.4) is 0 Å². The van der Waals surface area contributed by atoms with Gasteiger partial charge in [0.2, 0.25) is 5.89 Å². The minimum atomic E-state index is -0.183. The van der Waals surface area contributed by atoms with E-state index in [0.29, 0.717) is 11.7 Å². The molecule has 0 amide bonds. The fourth-order valence-corrected chi connectivity index (χ4v) is 2.22. The Labute approximate surface area is 83.9 Å². The lowest BCUT2D eigenvalue weighted by molar-refractivity contribution is 0.223. The van der Waals surface area contributed by atoms with Crippen molar-refractivity contribution in [3.63, 3.8) is 0 Å². The molecule has 1 fully saturated rings. The molecule has 0 aromatic carbocycles. The normalized spacial score (nSPS) is 33.2. The number of hydrogen-bond donors (Lipinski definition) is 1. The molecule has 1 aromatic heterocycles. The zero-order valence-electron chi connectivity index (χ0n) is 8.79. The Hall–Kier alpha value is -0.900. The van der Waals surface area contributed by atoms with Gasteiger partial charge in [-0.05, 0) is 26.7 Å². The van der Waals surface area contributed by atoms with E-state index >= 15 is 0 Å². The molecule has 0 bridgehead atoms. The number of rotatable bonds is 1. The van der Waals surface area contributed by atoms with Crippen LogP contribution in [0.1, 0.15) is 50.2 Å². The summed E-state index contributed by atoms with van der Waals surface area (Å²) in [6, 6.07) is 0. The van der Waals surface area contributed by atoms with E-state index in [1.807, 2.05) is 6.92 Å². The molecule has 2 atom stereocenters. The first-order valence-corrected chi connectivity index (χ1v) is 5.19. The Balaban J connectivity index is 2.23. The molecule has 2 unspecified atom stereocenters. The summed E-state index contributed by atoms with van der Waals surface area (Å²) in [6.07, 6.45) is 4.52. The Morgan fingerprint density at radius 2 is 2.29 bits per heavy atom. The highest BCUT2D eigenvalue weighted by molar-refractivity contribution is 5.06. The van der Waals surface area contributed by atoms with Crippen LogP contribution in [0.15, 0.2) is 4.52 Å². The smallest absolute Gasteiger partial charge is 0.231 e. The van der Waals surface area contributed by atoms with Crippen molar-refractivity contribution in [2.75, 3.05) is 0 Å². The number of nitrogens with two attached hydrogens (primary N) is 1. The highest BCUT2D eigenvalue weighted by Gasteiger charge is 2.37. The minimum absolute atomic E-state index is 0.183. The molecule has 0 saturated heterocycles. The van der Waals surface area contributed by atoms with Gasteiger partial charge in [0.05, 0.1) is 5.92 Å². The van der Waals surface area contributed by atoms with Gasteiger partial charge in [-0.15, -0.1) is 0 Å². The van der Waals surface area contributed by atoms with Crippen LogP contribution in [0, 0.1) is 6.92 Å². The highest BCUT2D eigenvalue weighted by atomic mass is 16.5. The van der Waals surface area contributed by atoms with E-state index in [9.17, 15) is 0 Å². The first-order chi connectivity index (χ1) is 6.59. The Morgan fingerprint density at radius 3 is 2.86 bits per heavy atom. The van der Waals surface area contributed by atoms with E-state index in [1.165, 1.54) is 12.8 Å². The van der Waals surface area contributed by atoms with Crippen molar-refractivity contribution in [1.29, 1.82) is 0 Å². The van der Waals surface area contributed by atoms with Crippen molar-refractivity contribution in [2.24, 2.45) is 5.73 Å². The molecular formula is C10H17N3O. The molecule has 1 aliphatic rings. The van der Waals surface area contributed by atoms with Crippen LogP contribution in [-0.4, -0.2) is 15.7 Å². The molecule has 0 aliphatic heterocycles. The lowest BCUT2D eigenvalue weighted by Crippen LogP contribution is -2.44. The van der Waals surface area contributed by atoms with E-state index in [1.54, 1.807) is 0 Å². The van der Waals surface area contributed by atoms with Gasteiger partial charge in [0.25, 0.3) is 0 Å². The topological polar surface area (TPSA) is 64.9 Å². The third-order valence-corrected chi connectivity index (χ3v) is 3.10. The maximum Gasteiger partial charge on any atom is 0.231 e. The predicted octanol–water partition coefficient (Wildman–Crippen LogP) is 1.75. The zero-order chi connectivity index (χ0) is 10.2. The summed E-state index contributed by atoms with van der Waals surface area (Å²) in [5, 5.41) is 3.82. The van der Waals surface area contributed by atoms with Crippen LogP contribution >= 0.6 is 0 Å². The van der Waals surface area contributed by atoms with Crippen LogP contribution in [0.25, 0.3) is 0 Å². The summed E-state index contributed by atoms with van der Waals surface area (Å²) in [7, 11) is 0. The van der Waals surface area contributed by atoms with Gasteiger partial charge in [0.15, 0.2) is 5.82 Å². The number of aryl methyl sites for hydroxylation is 1. The average molecular weight is 195 g/mol. The number of aromatic nitrogens is 2. The van der Waals surface area contributed by atoms with Crippen LogP contribution in [0.5, 0.6) is 0 Å². The largest absolute Gasteiger partial charge is 0.339 e. The zero-order valence-corrected chi connectivity index (χ0v) is 8.79. The van der Waals surface area contributed by atoms with E-state index in [4.69, 9.17) is 10.3 Å². The summed E-state index contributed by atoms with van der Waals surface area (Å²) < 4.78 is 5.20. The summed E-state index contributed by atoms with van der Waals surface area (Å²) in [6.45, 7) is 3.92. The second-order valence-corrected chi connectivity index (χ2v) is 4.48. The van der Waals surface area contributed by atoms with Crippen LogP contribution < -0.4 is 5.73 Å². The van der Waals surface area contributed by atoms with Crippen LogP contribution in [0.4, 0.5) is 0 Å². The molecule has 1 aromatic rings. The monoisotopic (exact) mass is 195 g/mol. The molecule has 4 nitrogen and oxygen atoms in total. The maximum absolute atomic E-state index is 6.24. The SMILES string of the molecule is Cc1noc(C2CCCCC2(C)N)n1. The Bertz CT molecular complexity index is 319. The van der Waals surface area contributed by atoms with Gasteiger partial charge in [0, 0.05) is 5.54 Å². The molecule has 14 heavy (non-hydrogen) atoms. The van der Waals surface area contributed by atoms with E-state index in [-0.39, 0.29) is 11.5 Å². The van der Waals surface area contributed by atoms with Crippen molar-refractivity contribution in [1.82, 2.24) is 10.1 Å².